The lowest BCUT2D eigenvalue weighted by Gasteiger charge is -2.21. The van der Waals surface area contributed by atoms with Crippen molar-refractivity contribution in [3.63, 3.8) is 0 Å². The monoisotopic (exact) mass is 305 g/mol. The largest absolute Gasteiger partial charge is 0.496 e. The molecule has 112 valence electrons. The zero-order valence-electron chi connectivity index (χ0n) is 12.2. The third-order valence-corrected chi connectivity index (χ3v) is 3.71. The van der Waals surface area contributed by atoms with E-state index < -0.39 is 6.10 Å². The molecule has 0 fully saturated rings. The second kappa shape index (κ2) is 7.46. The van der Waals surface area contributed by atoms with Crippen molar-refractivity contribution in [2.75, 3.05) is 7.11 Å². The summed E-state index contributed by atoms with van der Waals surface area (Å²) in [7, 11) is 1.63. The number of halogens is 1. The highest BCUT2D eigenvalue weighted by molar-refractivity contribution is 6.30. The second-order valence-corrected chi connectivity index (χ2v) is 5.42. The summed E-state index contributed by atoms with van der Waals surface area (Å²) in [6, 6.07) is 15.0. The van der Waals surface area contributed by atoms with Gasteiger partial charge in [-0.15, -0.1) is 0 Å². The Kier molecular flexibility index (Phi) is 5.62. The maximum atomic E-state index is 10.3. The van der Waals surface area contributed by atoms with Crippen LogP contribution in [-0.2, 0) is 6.54 Å². The highest BCUT2D eigenvalue weighted by Crippen LogP contribution is 2.23. The molecule has 0 heterocycles. The molecule has 0 spiro atoms. The summed E-state index contributed by atoms with van der Waals surface area (Å²) in [6.45, 7) is 2.53. The molecule has 0 saturated carbocycles. The van der Waals surface area contributed by atoms with E-state index in [0.29, 0.717) is 11.6 Å². The van der Waals surface area contributed by atoms with Crippen LogP contribution in [0.2, 0.25) is 5.02 Å². The number of methoxy groups -OCH3 is 1. The van der Waals surface area contributed by atoms with Gasteiger partial charge in [-0.05, 0) is 30.7 Å². The number of rotatable bonds is 6. The SMILES string of the molecule is COc1ccc(Cl)cc1CNC(C)C(O)c1ccccc1. The summed E-state index contributed by atoms with van der Waals surface area (Å²) < 4.78 is 5.32. The molecule has 2 aromatic rings. The summed E-state index contributed by atoms with van der Waals surface area (Å²) in [5.74, 6) is 0.785. The first-order valence-corrected chi connectivity index (χ1v) is 7.28. The smallest absolute Gasteiger partial charge is 0.123 e. The molecule has 21 heavy (non-hydrogen) atoms. The van der Waals surface area contributed by atoms with Crippen molar-refractivity contribution in [1.82, 2.24) is 5.32 Å². The zero-order valence-corrected chi connectivity index (χ0v) is 13.0. The van der Waals surface area contributed by atoms with E-state index in [0.717, 1.165) is 16.9 Å². The predicted molar refractivity (Wildman–Crippen MR) is 85.7 cm³/mol. The van der Waals surface area contributed by atoms with Crippen molar-refractivity contribution in [2.24, 2.45) is 0 Å². The normalized spacial score (nSPS) is 13.7. The van der Waals surface area contributed by atoms with Gasteiger partial charge in [0.25, 0.3) is 0 Å². The van der Waals surface area contributed by atoms with E-state index in [1.807, 2.05) is 49.4 Å². The Bertz CT molecular complexity index is 574. The van der Waals surface area contributed by atoms with E-state index in [4.69, 9.17) is 16.3 Å². The van der Waals surface area contributed by atoms with Gasteiger partial charge >= 0.3 is 0 Å². The summed E-state index contributed by atoms with van der Waals surface area (Å²) in [6.07, 6.45) is -0.559. The van der Waals surface area contributed by atoms with Gasteiger partial charge < -0.3 is 15.2 Å². The van der Waals surface area contributed by atoms with Gasteiger partial charge in [0.2, 0.25) is 0 Å². The number of benzene rings is 2. The van der Waals surface area contributed by atoms with E-state index in [1.54, 1.807) is 13.2 Å². The molecule has 0 saturated heterocycles. The Hall–Kier alpha value is -1.55. The molecule has 2 rings (SSSR count). The zero-order chi connectivity index (χ0) is 15.2. The number of aliphatic hydroxyl groups excluding tert-OH is 1. The number of hydrogen-bond donors (Lipinski definition) is 2. The molecule has 0 radical (unpaired) electrons. The average Bonchev–Trinajstić information content (AvgIpc) is 2.52. The number of hydrogen-bond acceptors (Lipinski definition) is 3. The maximum absolute atomic E-state index is 10.3. The van der Waals surface area contributed by atoms with Gasteiger partial charge in [0.1, 0.15) is 5.75 Å². The molecule has 3 nitrogen and oxygen atoms in total. The van der Waals surface area contributed by atoms with Gasteiger partial charge in [0.15, 0.2) is 0 Å². The van der Waals surface area contributed by atoms with Gasteiger partial charge in [-0.1, -0.05) is 41.9 Å². The minimum atomic E-state index is -0.559. The standard InChI is InChI=1S/C17H20ClNO2/c1-12(17(20)13-6-4-3-5-7-13)19-11-14-10-15(18)8-9-16(14)21-2/h3-10,12,17,19-20H,11H2,1-2H3. The lowest BCUT2D eigenvalue weighted by Crippen LogP contribution is -2.31. The molecular weight excluding hydrogens is 286 g/mol. The van der Waals surface area contributed by atoms with Crippen molar-refractivity contribution in [2.45, 2.75) is 25.6 Å². The predicted octanol–water partition coefficient (Wildman–Crippen LogP) is 3.56. The average molecular weight is 306 g/mol. The Labute approximate surface area is 130 Å². The van der Waals surface area contributed by atoms with Crippen LogP contribution < -0.4 is 10.1 Å². The first kappa shape index (κ1) is 15.8. The summed E-state index contributed by atoms with van der Waals surface area (Å²) in [4.78, 5) is 0. The maximum Gasteiger partial charge on any atom is 0.123 e. The van der Waals surface area contributed by atoms with Crippen LogP contribution in [-0.4, -0.2) is 18.3 Å². The van der Waals surface area contributed by atoms with Crippen molar-refractivity contribution in [3.05, 3.63) is 64.7 Å². The second-order valence-electron chi connectivity index (χ2n) is 4.98. The van der Waals surface area contributed by atoms with Crippen LogP contribution in [0.15, 0.2) is 48.5 Å². The quantitative estimate of drug-likeness (QED) is 0.857. The van der Waals surface area contributed by atoms with Crippen LogP contribution in [0.4, 0.5) is 0 Å². The van der Waals surface area contributed by atoms with Gasteiger partial charge in [-0.25, -0.2) is 0 Å². The molecule has 2 N–H and O–H groups in total. The fourth-order valence-electron chi connectivity index (χ4n) is 2.21. The third kappa shape index (κ3) is 4.21. The van der Waals surface area contributed by atoms with Crippen LogP contribution in [0, 0.1) is 0 Å². The molecule has 0 bridgehead atoms. The fraction of sp³-hybridized carbons (Fsp3) is 0.294. The molecule has 0 aliphatic rings. The highest BCUT2D eigenvalue weighted by Gasteiger charge is 2.16. The fourth-order valence-corrected chi connectivity index (χ4v) is 2.40. The van der Waals surface area contributed by atoms with Gasteiger partial charge in [0, 0.05) is 23.2 Å². The van der Waals surface area contributed by atoms with Crippen molar-refractivity contribution in [1.29, 1.82) is 0 Å². The topological polar surface area (TPSA) is 41.5 Å². The minimum Gasteiger partial charge on any atom is -0.496 e. The van der Waals surface area contributed by atoms with Crippen molar-refractivity contribution < 1.29 is 9.84 Å². The number of aliphatic hydroxyl groups is 1. The summed E-state index contributed by atoms with van der Waals surface area (Å²) in [5, 5.41) is 14.3. The number of ether oxygens (including phenoxy) is 1. The minimum absolute atomic E-state index is 0.0870. The summed E-state index contributed by atoms with van der Waals surface area (Å²) in [5.41, 5.74) is 1.87. The first-order valence-electron chi connectivity index (χ1n) is 6.90. The summed E-state index contributed by atoms with van der Waals surface area (Å²) >= 11 is 6.01. The number of nitrogens with one attached hydrogen (secondary N) is 1. The van der Waals surface area contributed by atoms with Crippen LogP contribution in [0.5, 0.6) is 5.75 Å². The third-order valence-electron chi connectivity index (χ3n) is 3.47. The highest BCUT2D eigenvalue weighted by atomic mass is 35.5. The molecule has 2 atom stereocenters. The first-order chi connectivity index (χ1) is 10.1. The van der Waals surface area contributed by atoms with Crippen LogP contribution in [0.25, 0.3) is 0 Å². The van der Waals surface area contributed by atoms with E-state index in [2.05, 4.69) is 5.32 Å². The molecule has 2 aromatic carbocycles. The van der Waals surface area contributed by atoms with Gasteiger partial charge in [-0.3, -0.25) is 0 Å². The molecule has 0 aliphatic carbocycles. The molecule has 2 unspecified atom stereocenters. The van der Waals surface area contributed by atoms with Crippen LogP contribution in [0.3, 0.4) is 0 Å². The van der Waals surface area contributed by atoms with Crippen molar-refractivity contribution in [3.8, 4) is 5.75 Å². The molecule has 0 aromatic heterocycles. The molecule has 4 heteroatoms. The van der Waals surface area contributed by atoms with Gasteiger partial charge in [-0.2, -0.15) is 0 Å². The van der Waals surface area contributed by atoms with Crippen molar-refractivity contribution >= 4 is 11.6 Å². The van der Waals surface area contributed by atoms with E-state index >= 15 is 0 Å². The van der Waals surface area contributed by atoms with E-state index in [9.17, 15) is 5.11 Å². The molecule has 0 amide bonds. The van der Waals surface area contributed by atoms with Gasteiger partial charge in [0.05, 0.1) is 13.2 Å². The Morgan fingerprint density at radius 2 is 1.90 bits per heavy atom. The molecular formula is C17H20ClNO2. The van der Waals surface area contributed by atoms with E-state index in [1.165, 1.54) is 0 Å². The van der Waals surface area contributed by atoms with E-state index in [-0.39, 0.29) is 6.04 Å². The Balaban J connectivity index is 2.01. The Morgan fingerprint density at radius 3 is 2.57 bits per heavy atom. The Morgan fingerprint density at radius 1 is 1.19 bits per heavy atom. The van der Waals surface area contributed by atoms with Crippen LogP contribution in [0.1, 0.15) is 24.2 Å². The molecule has 0 aliphatic heterocycles. The van der Waals surface area contributed by atoms with Crippen LogP contribution >= 0.6 is 11.6 Å². The lowest BCUT2D eigenvalue weighted by molar-refractivity contribution is 0.135. The lowest BCUT2D eigenvalue weighted by atomic mass is 10.0.